The van der Waals surface area contributed by atoms with Crippen molar-refractivity contribution in [1.29, 1.82) is 0 Å². The molecule has 20 heavy (non-hydrogen) atoms. The van der Waals surface area contributed by atoms with E-state index in [-0.39, 0.29) is 11.5 Å². The fraction of sp³-hybridized carbons (Fsp3) is 0.286. The Balaban J connectivity index is 2.39. The molecule has 0 amide bonds. The molecule has 0 spiro atoms. The molecule has 0 saturated carbocycles. The topological polar surface area (TPSA) is 58.9 Å². The van der Waals surface area contributed by atoms with Crippen molar-refractivity contribution in [1.82, 2.24) is 0 Å². The third-order valence-corrected chi connectivity index (χ3v) is 4.32. The zero-order chi connectivity index (χ0) is 14.5. The lowest BCUT2D eigenvalue weighted by Crippen LogP contribution is -1.96. The molecule has 4 nitrogen and oxygen atoms in total. The molecule has 2 rings (SSSR count). The molecular formula is C14H16O4S2. The van der Waals surface area contributed by atoms with Crippen molar-refractivity contribution in [2.45, 2.75) is 13.8 Å². The van der Waals surface area contributed by atoms with Crippen LogP contribution in [0.5, 0.6) is 11.5 Å². The predicted molar refractivity (Wildman–Crippen MR) is 83.0 cm³/mol. The highest BCUT2D eigenvalue weighted by atomic mass is 32.1. The number of aliphatic hydroxyl groups excluding tert-OH is 2. The van der Waals surface area contributed by atoms with Gasteiger partial charge in [0.15, 0.2) is 11.5 Å². The first-order chi connectivity index (χ1) is 9.69. The van der Waals surface area contributed by atoms with Crippen molar-refractivity contribution in [2.24, 2.45) is 0 Å². The summed E-state index contributed by atoms with van der Waals surface area (Å²) in [6, 6.07) is 3.54. The van der Waals surface area contributed by atoms with Crippen molar-refractivity contribution >= 4 is 34.2 Å². The Morgan fingerprint density at radius 3 is 1.65 bits per heavy atom. The van der Waals surface area contributed by atoms with Crippen molar-refractivity contribution in [2.75, 3.05) is 13.2 Å². The van der Waals surface area contributed by atoms with Gasteiger partial charge in [-0.25, -0.2) is 0 Å². The summed E-state index contributed by atoms with van der Waals surface area (Å²) in [5, 5.41) is 24.1. The van der Waals surface area contributed by atoms with Crippen LogP contribution in [0.25, 0.3) is 11.5 Å². The van der Waals surface area contributed by atoms with Gasteiger partial charge in [0.05, 0.1) is 13.2 Å². The first-order valence-electron chi connectivity index (χ1n) is 6.22. The van der Waals surface area contributed by atoms with Crippen LogP contribution in [0.2, 0.25) is 0 Å². The average Bonchev–Trinajstić information content (AvgIpc) is 3.07. The molecule has 108 valence electrons. The molecule has 0 saturated heterocycles. The molecule has 0 bridgehead atoms. The lowest BCUT2D eigenvalue weighted by molar-refractivity contribution is 0.336. The summed E-state index contributed by atoms with van der Waals surface area (Å²) < 4.78 is 10.8. The first-order valence-corrected chi connectivity index (χ1v) is 7.98. The fourth-order valence-electron chi connectivity index (χ4n) is 1.69. The maximum Gasteiger partial charge on any atom is 0.180 e. The van der Waals surface area contributed by atoms with Crippen molar-refractivity contribution in [3.05, 3.63) is 32.6 Å². The molecule has 0 unspecified atom stereocenters. The van der Waals surface area contributed by atoms with Gasteiger partial charge in [-0.15, -0.1) is 22.7 Å². The summed E-state index contributed by atoms with van der Waals surface area (Å²) in [6.07, 6.45) is 0. The molecule has 0 aliphatic heterocycles. The highest BCUT2D eigenvalue weighted by Gasteiger charge is 2.19. The molecule has 2 heterocycles. The quantitative estimate of drug-likeness (QED) is 0.768. The normalized spacial score (nSPS) is 12.1. The number of rotatable bonds is 6. The molecule has 6 heteroatoms. The summed E-state index contributed by atoms with van der Waals surface area (Å²) in [6.45, 7) is 4.74. The van der Waals surface area contributed by atoms with Crippen LogP contribution in [0.4, 0.5) is 0 Å². The summed E-state index contributed by atoms with van der Waals surface area (Å²) in [5.41, 5.74) is 0. The van der Waals surface area contributed by atoms with Crippen LogP contribution in [0.1, 0.15) is 23.6 Å². The minimum Gasteiger partial charge on any atom is -0.503 e. The van der Waals surface area contributed by atoms with E-state index in [1.165, 1.54) is 22.7 Å². The maximum absolute atomic E-state index is 10.3. The van der Waals surface area contributed by atoms with Gasteiger partial charge < -0.3 is 19.7 Å². The Morgan fingerprint density at radius 1 is 0.900 bits per heavy atom. The smallest absolute Gasteiger partial charge is 0.180 e. The van der Waals surface area contributed by atoms with Crippen LogP contribution in [-0.2, 0) is 0 Å². The number of aliphatic hydroxyl groups is 2. The molecule has 2 aromatic heterocycles. The van der Waals surface area contributed by atoms with E-state index in [1.807, 2.05) is 24.6 Å². The Kier molecular flexibility index (Phi) is 4.92. The van der Waals surface area contributed by atoms with Crippen molar-refractivity contribution in [3.63, 3.8) is 0 Å². The number of ether oxygens (including phenoxy) is 2. The van der Waals surface area contributed by atoms with Gasteiger partial charge >= 0.3 is 0 Å². The largest absolute Gasteiger partial charge is 0.503 e. The highest BCUT2D eigenvalue weighted by molar-refractivity contribution is 7.12. The second-order valence-corrected chi connectivity index (χ2v) is 5.62. The number of hydrogen-bond donors (Lipinski definition) is 2. The zero-order valence-corrected chi connectivity index (χ0v) is 12.9. The van der Waals surface area contributed by atoms with Crippen LogP contribution in [0.3, 0.4) is 0 Å². The second-order valence-electron chi connectivity index (χ2n) is 3.79. The van der Waals surface area contributed by atoms with E-state index in [0.29, 0.717) is 34.5 Å². The molecule has 2 aromatic rings. The van der Waals surface area contributed by atoms with E-state index < -0.39 is 0 Å². The van der Waals surface area contributed by atoms with Gasteiger partial charge in [0.1, 0.15) is 21.3 Å². The summed E-state index contributed by atoms with van der Waals surface area (Å²) in [5.74, 6) is 0.755. The first kappa shape index (κ1) is 14.7. The lowest BCUT2D eigenvalue weighted by Gasteiger charge is -2.08. The monoisotopic (exact) mass is 312 g/mol. The van der Waals surface area contributed by atoms with Crippen LogP contribution in [-0.4, -0.2) is 23.4 Å². The van der Waals surface area contributed by atoms with Crippen molar-refractivity contribution in [3.8, 4) is 11.5 Å². The van der Waals surface area contributed by atoms with Gasteiger partial charge in [-0.2, -0.15) is 0 Å². The van der Waals surface area contributed by atoms with E-state index in [2.05, 4.69) is 0 Å². The molecule has 2 N–H and O–H groups in total. The maximum atomic E-state index is 10.3. The highest BCUT2D eigenvalue weighted by Crippen LogP contribution is 2.38. The van der Waals surface area contributed by atoms with Gasteiger partial charge in [0.25, 0.3) is 0 Å². The average molecular weight is 312 g/mol. The minimum absolute atomic E-state index is 0.188. The van der Waals surface area contributed by atoms with Crippen LogP contribution < -0.4 is 9.47 Å². The second kappa shape index (κ2) is 6.67. The summed E-state index contributed by atoms with van der Waals surface area (Å²) >= 11 is 2.63. The zero-order valence-electron chi connectivity index (χ0n) is 11.3. The van der Waals surface area contributed by atoms with E-state index in [0.717, 1.165) is 0 Å². The molecule has 0 radical (unpaired) electrons. The standard InChI is InChI=1S/C14H16O4S2/c1-3-17-9-5-7-19-13(9)11(15)12(16)14-10(18-4-2)6-8-20-14/h5-8,15-16H,3-4H2,1-2H3/b12-11+. The molecule has 0 aliphatic rings. The van der Waals surface area contributed by atoms with Gasteiger partial charge in [0.2, 0.25) is 0 Å². The summed E-state index contributed by atoms with van der Waals surface area (Å²) in [4.78, 5) is 1.03. The van der Waals surface area contributed by atoms with E-state index >= 15 is 0 Å². The Morgan fingerprint density at radius 2 is 1.30 bits per heavy atom. The molecule has 0 aliphatic carbocycles. The molecular weight excluding hydrogens is 296 g/mol. The lowest BCUT2D eigenvalue weighted by atomic mass is 10.2. The summed E-state index contributed by atoms with van der Waals surface area (Å²) in [7, 11) is 0. The minimum atomic E-state index is -0.188. The predicted octanol–water partition coefficient (Wildman–Crippen LogP) is 4.55. The van der Waals surface area contributed by atoms with Gasteiger partial charge in [0, 0.05) is 0 Å². The Bertz CT molecular complexity index is 546. The van der Waals surface area contributed by atoms with Crippen LogP contribution >= 0.6 is 22.7 Å². The number of thiophene rings is 2. The van der Waals surface area contributed by atoms with Crippen LogP contribution in [0.15, 0.2) is 22.9 Å². The third-order valence-electron chi connectivity index (χ3n) is 2.51. The van der Waals surface area contributed by atoms with Gasteiger partial charge in [-0.3, -0.25) is 0 Å². The van der Waals surface area contributed by atoms with E-state index in [4.69, 9.17) is 9.47 Å². The Labute approximate surface area is 125 Å². The third kappa shape index (κ3) is 2.91. The number of hydrogen-bond acceptors (Lipinski definition) is 6. The van der Waals surface area contributed by atoms with E-state index in [9.17, 15) is 10.2 Å². The Hall–Kier alpha value is -1.66. The van der Waals surface area contributed by atoms with Crippen LogP contribution in [0, 0.1) is 0 Å². The molecule has 0 fully saturated rings. The SMILES string of the molecule is CCOc1ccsc1/C(O)=C(\O)c1sccc1OCC. The fourth-order valence-corrected chi connectivity index (χ4v) is 3.25. The van der Waals surface area contributed by atoms with Crippen molar-refractivity contribution < 1.29 is 19.7 Å². The van der Waals surface area contributed by atoms with Gasteiger partial charge in [-0.1, -0.05) is 0 Å². The van der Waals surface area contributed by atoms with E-state index in [1.54, 1.807) is 12.1 Å². The molecule has 0 atom stereocenters. The van der Waals surface area contributed by atoms with Gasteiger partial charge in [-0.05, 0) is 36.7 Å². The molecule has 0 aromatic carbocycles.